The normalized spacial score (nSPS) is 11.6. The van der Waals surface area contributed by atoms with Crippen molar-refractivity contribution < 1.29 is 0 Å². The third-order valence-electron chi connectivity index (χ3n) is 2.28. The Morgan fingerprint density at radius 2 is 1.81 bits per heavy atom. The zero-order valence-electron chi connectivity index (χ0n) is 10.7. The van der Waals surface area contributed by atoms with Crippen LogP contribution < -0.4 is 5.32 Å². The molecule has 1 heterocycles. The summed E-state index contributed by atoms with van der Waals surface area (Å²) in [4.78, 5) is 0. The van der Waals surface area contributed by atoms with E-state index < -0.39 is 0 Å². The SMILES string of the molecule is C=C.CC.CCC1=Cc2ccccc2NC1. The third-order valence-corrected chi connectivity index (χ3v) is 2.28. The van der Waals surface area contributed by atoms with Crippen LogP contribution >= 0.6 is 0 Å². The van der Waals surface area contributed by atoms with Crippen LogP contribution in [0.15, 0.2) is 43.0 Å². The van der Waals surface area contributed by atoms with Crippen molar-refractivity contribution in [1.29, 1.82) is 0 Å². The number of benzene rings is 1. The molecule has 1 aliphatic rings. The molecule has 1 aromatic rings. The Bertz CT molecular complexity index is 326. The number of rotatable bonds is 1. The van der Waals surface area contributed by atoms with Crippen LogP contribution in [0.2, 0.25) is 0 Å². The van der Waals surface area contributed by atoms with Crippen LogP contribution in [-0.2, 0) is 0 Å². The fraction of sp³-hybridized carbons (Fsp3) is 0.333. The summed E-state index contributed by atoms with van der Waals surface area (Å²) in [5.74, 6) is 0. The zero-order chi connectivity index (χ0) is 12.4. The van der Waals surface area contributed by atoms with E-state index in [0.29, 0.717) is 0 Å². The second-order valence-electron chi connectivity index (χ2n) is 3.10. The maximum atomic E-state index is 3.40. The zero-order valence-corrected chi connectivity index (χ0v) is 10.7. The predicted molar refractivity (Wildman–Crippen MR) is 75.8 cm³/mol. The molecule has 0 amide bonds. The van der Waals surface area contributed by atoms with Crippen LogP contribution in [0.1, 0.15) is 32.8 Å². The van der Waals surface area contributed by atoms with Gasteiger partial charge in [0.15, 0.2) is 0 Å². The summed E-state index contributed by atoms with van der Waals surface area (Å²) in [6, 6.07) is 8.42. The van der Waals surface area contributed by atoms with Gasteiger partial charge in [0.25, 0.3) is 0 Å². The van der Waals surface area contributed by atoms with Gasteiger partial charge in [-0.2, -0.15) is 0 Å². The average molecular weight is 217 g/mol. The molecular weight excluding hydrogens is 194 g/mol. The Morgan fingerprint density at radius 1 is 1.19 bits per heavy atom. The van der Waals surface area contributed by atoms with E-state index in [4.69, 9.17) is 0 Å². The Kier molecular flexibility index (Phi) is 7.96. The minimum absolute atomic E-state index is 1.01. The van der Waals surface area contributed by atoms with Gasteiger partial charge in [0.2, 0.25) is 0 Å². The molecule has 0 saturated heterocycles. The lowest BCUT2D eigenvalue weighted by Crippen LogP contribution is -2.09. The highest BCUT2D eigenvalue weighted by molar-refractivity contribution is 5.71. The maximum Gasteiger partial charge on any atom is 0.0416 e. The molecule has 1 nitrogen and oxygen atoms in total. The van der Waals surface area contributed by atoms with Crippen molar-refractivity contribution in [2.75, 3.05) is 11.9 Å². The molecule has 0 radical (unpaired) electrons. The molecule has 1 heteroatoms. The summed E-state index contributed by atoms with van der Waals surface area (Å²) in [6.45, 7) is 13.2. The van der Waals surface area contributed by atoms with Gasteiger partial charge >= 0.3 is 0 Å². The molecule has 0 saturated carbocycles. The minimum Gasteiger partial charge on any atom is -0.381 e. The summed E-state index contributed by atoms with van der Waals surface area (Å²) in [5.41, 5.74) is 4.06. The third kappa shape index (κ3) is 3.93. The van der Waals surface area contributed by atoms with Crippen molar-refractivity contribution in [2.45, 2.75) is 27.2 Å². The van der Waals surface area contributed by atoms with E-state index in [9.17, 15) is 0 Å². The predicted octanol–water partition coefficient (Wildman–Crippen LogP) is 4.73. The molecule has 16 heavy (non-hydrogen) atoms. The first-order valence-corrected chi connectivity index (χ1v) is 5.92. The summed E-state index contributed by atoms with van der Waals surface area (Å²) >= 11 is 0. The Labute approximate surface area is 99.9 Å². The molecule has 0 fully saturated rings. The van der Waals surface area contributed by atoms with Gasteiger partial charge in [-0.25, -0.2) is 0 Å². The monoisotopic (exact) mass is 217 g/mol. The van der Waals surface area contributed by atoms with Crippen LogP contribution in [0.5, 0.6) is 0 Å². The average Bonchev–Trinajstić information content (AvgIpc) is 2.42. The number of anilines is 1. The molecular formula is C15H23N. The quantitative estimate of drug-likeness (QED) is 0.670. The summed E-state index contributed by atoms with van der Waals surface area (Å²) in [7, 11) is 0. The van der Waals surface area contributed by atoms with Crippen LogP contribution in [-0.4, -0.2) is 6.54 Å². The molecule has 1 N–H and O–H groups in total. The second-order valence-corrected chi connectivity index (χ2v) is 3.10. The second kappa shape index (κ2) is 8.78. The van der Waals surface area contributed by atoms with Crippen molar-refractivity contribution in [3.63, 3.8) is 0 Å². The van der Waals surface area contributed by atoms with E-state index in [1.54, 1.807) is 0 Å². The van der Waals surface area contributed by atoms with Crippen molar-refractivity contribution in [3.05, 3.63) is 48.6 Å². The lowest BCUT2D eigenvalue weighted by molar-refractivity contribution is 1.04. The van der Waals surface area contributed by atoms with Crippen molar-refractivity contribution in [2.24, 2.45) is 0 Å². The van der Waals surface area contributed by atoms with Crippen LogP contribution in [0, 0.1) is 0 Å². The van der Waals surface area contributed by atoms with Gasteiger partial charge in [0.05, 0.1) is 0 Å². The molecule has 1 aromatic carbocycles. The van der Waals surface area contributed by atoms with Gasteiger partial charge in [0, 0.05) is 12.2 Å². The molecule has 88 valence electrons. The molecule has 0 aliphatic carbocycles. The summed E-state index contributed by atoms with van der Waals surface area (Å²) < 4.78 is 0. The Hall–Kier alpha value is -1.50. The molecule has 0 unspecified atom stereocenters. The standard InChI is InChI=1S/C11H13N.C2H6.C2H4/c1-2-9-7-10-5-3-4-6-11(10)12-8-9;2*1-2/h3-7,12H,2,8H2,1H3;1-2H3;1-2H2. The lowest BCUT2D eigenvalue weighted by atomic mass is 10.0. The number of hydrogen-bond donors (Lipinski definition) is 1. The first-order valence-electron chi connectivity index (χ1n) is 5.92. The molecule has 1 aliphatic heterocycles. The van der Waals surface area contributed by atoms with E-state index >= 15 is 0 Å². The van der Waals surface area contributed by atoms with E-state index in [1.165, 1.54) is 16.8 Å². The molecule has 0 atom stereocenters. The van der Waals surface area contributed by atoms with Crippen molar-refractivity contribution in [3.8, 4) is 0 Å². The van der Waals surface area contributed by atoms with Gasteiger partial charge in [-0.05, 0) is 18.1 Å². The Morgan fingerprint density at radius 3 is 2.44 bits per heavy atom. The van der Waals surface area contributed by atoms with Gasteiger partial charge in [-0.3, -0.25) is 0 Å². The van der Waals surface area contributed by atoms with Crippen LogP contribution in [0.4, 0.5) is 5.69 Å². The minimum atomic E-state index is 1.01. The van der Waals surface area contributed by atoms with Crippen LogP contribution in [0.3, 0.4) is 0 Å². The maximum absolute atomic E-state index is 3.40. The highest BCUT2D eigenvalue weighted by Crippen LogP contribution is 2.23. The topological polar surface area (TPSA) is 12.0 Å². The van der Waals surface area contributed by atoms with Crippen molar-refractivity contribution in [1.82, 2.24) is 0 Å². The smallest absolute Gasteiger partial charge is 0.0416 e. The van der Waals surface area contributed by atoms with Gasteiger partial charge in [-0.15, -0.1) is 13.2 Å². The number of hydrogen-bond acceptors (Lipinski definition) is 1. The molecule has 0 spiro atoms. The van der Waals surface area contributed by atoms with E-state index in [-0.39, 0.29) is 0 Å². The highest BCUT2D eigenvalue weighted by Gasteiger charge is 2.05. The van der Waals surface area contributed by atoms with Gasteiger partial charge in [-0.1, -0.05) is 50.6 Å². The van der Waals surface area contributed by atoms with E-state index in [0.717, 1.165) is 13.0 Å². The van der Waals surface area contributed by atoms with E-state index in [1.807, 2.05) is 13.8 Å². The highest BCUT2D eigenvalue weighted by atomic mass is 14.9. The summed E-state index contributed by atoms with van der Waals surface area (Å²) in [6.07, 6.45) is 3.42. The molecule has 0 bridgehead atoms. The molecule has 0 aromatic heterocycles. The number of fused-ring (bicyclic) bond motifs is 1. The van der Waals surface area contributed by atoms with Crippen molar-refractivity contribution >= 4 is 11.8 Å². The first-order chi connectivity index (χ1) is 7.90. The first kappa shape index (κ1) is 14.5. The largest absolute Gasteiger partial charge is 0.381 e. The summed E-state index contributed by atoms with van der Waals surface area (Å²) in [5, 5.41) is 3.40. The fourth-order valence-corrected chi connectivity index (χ4v) is 1.49. The Balaban J connectivity index is 0.000000509. The number of nitrogens with one attached hydrogen (secondary N) is 1. The molecule has 2 rings (SSSR count). The van der Waals surface area contributed by atoms with Gasteiger partial charge < -0.3 is 5.32 Å². The fourth-order valence-electron chi connectivity index (χ4n) is 1.49. The van der Waals surface area contributed by atoms with E-state index in [2.05, 4.69) is 55.7 Å². The van der Waals surface area contributed by atoms with Gasteiger partial charge in [0.1, 0.15) is 0 Å². The number of para-hydroxylation sites is 1. The van der Waals surface area contributed by atoms with Crippen LogP contribution in [0.25, 0.3) is 6.08 Å². The lowest BCUT2D eigenvalue weighted by Gasteiger charge is -2.17.